The molecule has 0 saturated carbocycles. The molecule has 1 aromatic rings. The number of hydrogen-bond donors (Lipinski definition) is 0. The molecule has 1 rings (SSSR count). The molecule has 14 heavy (non-hydrogen) atoms. The van der Waals surface area contributed by atoms with Crippen LogP contribution in [0.1, 0.15) is 19.4 Å². The van der Waals surface area contributed by atoms with E-state index >= 15 is 0 Å². The van der Waals surface area contributed by atoms with Crippen LogP contribution in [0, 0.1) is 12.7 Å². The van der Waals surface area contributed by atoms with Crippen LogP contribution in [0.25, 0.3) is 0 Å². The van der Waals surface area contributed by atoms with Gasteiger partial charge in [0.1, 0.15) is 5.75 Å². The quantitative estimate of drug-likeness (QED) is 0.743. The molecule has 0 fully saturated rings. The summed E-state index contributed by atoms with van der Waals surface area (Å²) in [5, 5.41) is 0. The number of methoxy groups -OCH3 is 1. The Bertz CT molecular complexity index is 321. The van der Waals surface area contributed by atoms with Crippen molar-refractivity contribution in [1.82, 2.24) is 0 Å². The number of aryl methyl sites for hydroxylation is 1. The van der Waals surface area contributed by atoms with Crippen molar-refractivity contribution in [2.45, 2.75) is 26.9 Å². The first-order chi connectivity index (χ1) is 6.54. The predicted octanol–water partition coefficient (Wildman–Crippen LogP) is 2.93. The SMILES string of the molecule is COc1cc(C)c(F)c(OC(C)C)c1. The molecule has 0 spiro atoms. The maximum absolute atomic E-state index is 13.5. The molecule has 0 heterocycles. The van der Waals surface area contributed by atoms with Gasteiger partial charge in [0.05, 0.1) is 13.2 Å². The second-order valence-electron chi connectivity index (χ2n) is 3.42. The monoisotopic (exact) mass is 198 g/mol. The first-order valence-electron chi connectivity index (χ1n) is 4.55. The van der Waals surface area contributed by atoms with E-state index in [2.05, 4.69) is 0 Å². The van der Waals surface area contributed by atoms with Crippen LogP contribution in [-0.4, -0.2) is 13.2 Å². The molecule has 2 nitrogen and oxygen atoms in total. The van der Waals surface area contributed by atoms with Gasteiger partial charge >= 0.3 is 0 Å². The molecule has 3 heteroatoms. The summed E-state index contributed by atoms with van der Waals surface area (Å²) < 4.78 is 23.8. The molecular formula is C11H15FO2. The van der Waals surface area contributed by atoms with Crippen LogP contribution in [0.4, 0.5) is 4.39 Å². The van der Waals surface area contributed by atoms with Crippen LogP contribution < -0.4 is 9.47 Å². The van der Waals surface area contributed by atoms with Crippen molar-refractivity contribution in [1.29, 1.82) is 0 Å². The van der Waals surface area contributed by atoms with E-state index < -0.39 is 0 Å². The Kier molecular flexibility index (Phi) is 3.33. The smallest absolute Gasteiger partial charge is 0.168 e. The number of ether oxygens (including phenoxy) is 2. The Morgan fingerprint density at radius 2 is 1.93 bits per heavy atom. The van der Waals surface area contributed by atoms with E-state index in [1.807, 2.05) is 13.8 Å². The highest BCUT2D eigenvalue weighted by molar-refractivity contribution is 5.39. The highest BCUT2D eigenvalue weighted by Crippen LogP contribution is 2.27. The molecule has 0 aliphatic carbocycles. The zero-order valence-corrected chi connectivity index (χ0v) is 8.93. The van der Waals surface area contributed by atoms with E-state index in [0.717, 1.165) is 0 Å². The van der Waals surface area contributed by atoms with Gasteiger partial charge < -0.3 is 9.47 Å². The molecule has 0 N–H and O–H groups in total. The van der Waals surface area contributed by atoms with Crippen molar-refractivity contribution in [3.8, 4) is 11.5 Å². The summed E-state index contributed by atoms with van der Waals surface area (Å²) in [5.41, 5.74) is 0.528. The molecule has 1 aromatic carbocycles. The molecule has 0 amide bonds. The second-order valence-corrected chi connectivity index (χ2v) is 3.42. The van der Waals surface area contributed by atoms with Gasteiger partial charge in [-0.2, -0.15) is 0 Å². The summed E-state index contributed by atoms with van der Waals surface area (Å²) in [7, 11) is 1.55. The number of halogens is 1. The summed E-state index contributed by atoms with van der Waals surface area (Å²) in [6, 6.07) is 3.20. The average Bonchev–Trinajstić information content (AvgIpc) is 2.11. The molecule has 0 aliphatic heterocycles. The molecular weight excluding hydrogens is 183 g/mol. The molecule has 0 radical (unpaired) electrons. The summed E-state index contributed by atoms with van der Waals surface area (Å²) in [6.07, 6.45) is -0.0454. The Morgan fingerprint density at radius 3 is 2.43 bits per heavy atom. The third kappa shape index (κ3) is 2.37. The molecule has 78 valence electrons. The fourth-order valence-electron chi connectivity index (χ4n) is 1.16. The van der Waals surface area contributed by atoms with Crippen molar-refractivity contribution in [2.24, 2.45) is 0 Å². The van der Waals surface area contributed by atoms with Gasteiger partial charge in [-0.25, -0.2) is 4.39 Å². The minimum atomic E-state index is -0.320. The van der Waals surface area contributed by atoms with Crippen LogP contribution in [0.15, 0.2) is 12.1 Å². The maximum atomic E-state index is 13.5. The summed E-state index contributed by atoms with van der Waals surface area (Å²) in [6.45, 7) is 5.40. The average molecular weight is 198 g/mol. The zero-order valence-electron chi connectivity index (χ0n) is 8.93. The normalized spacial score (nSPS) is 10.4. The van der Waals surface area contributed by atoms with Crippen LogP contribution in [0.3, 0.4) is 0 Å². The molecule has 0 aromatic heterocycles. The highest BCUT2D eigenvalue weighted by Gasteiger charge is 2.10. The number of rotatable bonds is 3. The third-order valence-electron chi connectivity index (χ3n) is 1.79. The Hall–Kier alpha value is -1.25. The van der Waals surface area contributed by atoms with E-state index in [-0.39, 0.29) is 17.7 Å². The van der Waals surface area contributed by atoms with Gasteiger partial charge in [-0.3, -0.25) is 0 Å². The number of benzene rings is 1. The molecule has 0 unspecified atom stereocenters. The topological polar surface area (TPSA) is 18.5 Å². The lowest BCUT2D eigenvalue weighted by molar-refractivity contribution is 0.229. The van der Waals surface area contributed by atoms with Crippen LogP contribution in [0.2, 0.25) is 0 Å². The van der Waals surface area contributed by atoms with E-state index in [1.54, 1.807) is 26.2 Å². The summed E-state index contributed by atoms with van der Waals surface area (Å²) in [4.78, 5) is 0. The van der Waals surface area contributed by atoms with Crippen LogP contribution in [-0.2, 0) is 0 Å². The van der Waals surface area contributed by atoms with Gasteiger partial charge in [-0.15, -0.1) is 0 Å². The lowest BCUT2D eigenvalue weighted by Gasteiger charge is -2.13. The second kappa shape index (κ2) is 4.31. The fraction of sp³-hybridized carbons (Fsp3) is 0.455. The minimum Gasteiger partial charge on any atom is -0.497 e. The van der Waals surface area contributed by atoms with Gasteiger partial charge in [-0.05, 0) is 32.4 Å². The first kappa shape index (κ1) is 10.8. The standard InChI is InChI=1S/C11H15FO2/c1-7(2)14-10-6-9(13-4)5-8(3)11(10)12/h5-7H,1-4H3. The van der Waals surface area contributed by atoms with Gasteiger partial charge in [0.2, 0.25) is 0 Å². The maximum Gasteiger partial charge on any atom is 0.168 e. The molecule has 0 atom stereocenters. The highest BCUT2D eigenvalue weighted by atomic mass is 19.1. The van der Waals surface area contributed by atoms with E-state index in [9.17, 15) is 4.39 Å². The first-order valence-corrected chi connectivity index (χ1v) is 4.55. The van der Waals surface area contributed by atoms with E-state index in [1.165, 1.54) is 0 Å². The molecule has 0 saturated heterocycles. The van der Waals surface area contributed by atoms with Gasteiger partial charge in [0.25, 0.3) is 0 Å². The van der Waals surface area contributed by atoms with Gasteiger partial charge in [0.15, 0.2) is 11.6 Å². The van der Waals surface area contributed by atoms with Gasteiger partial charge in [-0.1, -0.05) is 0 Å². The number of hydrogen-bond acceptors (Lipinski definition) is 2. The largest absolute Gasteiger partial charge is 0.497 e. The van der Waals surface area contributed by atoms with Crippen molar-refractivity contribution in [2.75, 3.05) is 7.11 Å². The molecule has 0 bridgehead atoms. The predicted molar refractivity (Wildman–Crippen MR) is 53.5 cm³/mol. The molecule has 0 aliphatic rings. The lowest BCUT2D eigenvalue weighted by Crippen LogP contribution is -2.07. The van der Waals surface area contributed by atoms with E-state index in [0.29, 0.717) is 11.3 Å². The van der Waals surface area contributed by atoms with E-state index in [4.69, 9.17) is 9.47 Å². The van der Waals surface area contributed by atoms with Crippen molar-refractivity contribution < 1.29 is 13.9 Å². The minimum absolute atomic E-state index is 0.0454. The van der Waals surface area contributed by atoms with Crippen LogP contribution in [0.5, 0.6) is 11.5 Å². The summed E-state index contributed by atoms with van der Waals surface area (Å²) >= 11 is 0. The van der Waals surface area contributed by atoms with Crippen molar-refractivity contribution in [3.05, 3.63) is 23.5 Å². The Balaban J connectivity index is 3.07. The Morgan fingerprint density at radius 1 is 1.29 bits per heavy atom. The van der Waals surface area contributed by atoms with Crippen molar-refractivity contribution in [3.63, 3.8) is 0 Å². The lowest BCUT2D eigenvalue weighted by atomic mass is 10.2. The summed E-state index contributed by atoms with van der Waals surface area (Å²) in [5.74, 6) is 0.538. The zero-order chi connectivity index (χ0) is 10.7. The fourth-order valence-corrected chi connectivity index (χ4v) is 1.16. The Labute approximate surface area is 83.6 Å². The van der Waals surface area contributed by atoms with Gasteiger partial charge in [0, 0.05) is 6.07 Å². The van der Waals surface area contributed by atoms with Crippen molar-refractivity contribution >= 4 is 0 Å². The third-order valence-corrected chi connectivity index (χ3v) is 1.79. The van der Waals surface area contributed by atoms with Crippen LogP contribution >= 0.6 is 0 Å².